The normalized spacial score (nSPS) is 15.2. The van der Waals surface area contributed by atoms with E-state index in [1.165, 1.54) is 18.2 Å². The molecular weight excluding hydrogens is 464 g/mol. The molecule has 2 aromatic carbocycles. The van der Waals surface area contributed by atoms with Gasteiger partial charge in [-0.2, -0.15) is 13.2 Å². The van der Waals surface area contributed by atoms with Gasteiger partial charge >= 0.3 is 6.18 Å². The molecule has 11 heteroatoms. The summed E-state index contributed by atoms with van der Waals surface area (Å²) in [5.41, 5.74) is -1.32. The van der Waals surface area contributed by atoms with Gasteiger partial charge in [0, 0.05) is 18.1 Å². The number of rotatable bonds is 4. The highest BCUT2D eigenvalue weighted by Gasteiger charge is 2.34. The number of nitrogens with zero attached hydrogens (tertiary/aromatic N) is 1. The van der Waals surface area contributed by atoms with Crippen molar-refractivity contribution in [3.05, 3.63) is 57.6 Å². The SMILES string of the molecule is O=C(c1ccc(Cl)cc1NS(=O)(=O)c1ccc(Cl)c(C(F)(F)F)c1)N1CCCCC1. The van der Waals surface area contributed by atoms with E-state index >= 15 is 0 Å². The fraction of sp³-hybridized carbons (Fsp3) is 0.316. The van der Waals surface area contributed by atoms with E-state index in [-0.39, 0.29) is 22.2 Å². The predicted octanol–water partition coefficient (Wildman–Crippen LogP) is 5.44. The number of carbonyl (C=O) groups is 1. The first kappa shape index (κ1) is 22.7. The molecule has 1 aliphatic heterocycles. The summed E-state index contributed by atoms with van der Waals surface area (Å²) in [5.74, 6) is -0.379. The summed E-state index contributed by atoms with van der Waals surface area (Å²) in [6.07, 6.45) is -2.15. The Morgan fingerprint density at radius 1 is 1.00 bits per heavy atom. The molecule has 1 fully saturated rings. The van der Waals surface area contributed by atoms with Crippen LogP contribution in [0.25, 0.3) is 0 Å². The predicted molar refractivity (Wildman–Crippen MR) is 108 cm³/mol. The van der Waals surface area contributed by atoms with Crippen LogP contribution in [-0.4, -0.2) is 32.3 Å². The van der Waals surface area contributed by atoms with E-state index < -0.39 is 31.7 Å². The van der Waals surface area contributed by atoms with E-state index in [1.54, 1.807) is 4.90 Å². The largest absolute Gasteiger partial charge is 0.417 e. The van der Waals surface area contributed by atoms with Crippen molar-refractivity contribution in [3.63, 3.8) is 0 Å². The molecule has 0 aliphatic carbocycles. The molecule has 1 amide bonds. The monoisotopic (exact) mass is 480 g/mol. The molecular formula is C19H17Cl2F3N2O3S. The second-order valence-electron chi connectivity index (χ2n) is 6.79. The van der Waals surface area contributed by atoms with Crippen molar-refractivity contribution in [2.45, 2.75) is 30.3 Å². The summed E-state index contributed by atoms with van der Waals surface area (Å²) in [5, 5.41) is -0.458. The van der Waals surface area contributed by atoms with Crippen molar-refractivity contribution in [2.24, 2.45) is 0 Å². The van der Waals surface area contributed by atoms with Crippen molar-refractivity contribution in [2.75, 3.05) is 17.8 Å². The number of nitrogens with one attached hydrogen (secondary N) is 1. The van der Waals surface area contributed by atoms with Crippen molar-refractivity contribution in [1.82, 2.24) is 4.90 Å². The third-order valence-corrected chi connectivity index (χ3v) is 6.58. The Bertz CT molecular complexity index is 1070. The van der Waals surface area contributed by atoms with E-state index in [1.807, 2.05) is 0 Å². The smallest absolute Gasteiger partial charge is 0.339 e. The van der Waals surface area contributed by atoms with Crippen LogP contribution in [-0.2, 0) is 16.2 Å². The van der Waals surface area contributed by atoms with Crippen LogP contribution in [0.15, 0.2) is 41.3 Å². The topological polar surface area (TPSA) is 66.5 Å². The zero-order valence-electron chi connectivity index (χ0n) is 15.5. The number of carbonyl (C=O) groups excluding carboxylic acids is 1. The molecule has 5 nitrogen and oxygen atoms in total. The molecule has 0 aromatic heterocycles. The van der Waals surface area contributed by atoms with Gasteiger partial charge in [-0.05, 0) is 55.7 Å². The number of benzene rings is 2. The molecule has 0 saturated carbocycles. The minimum absolute atomic E-state index is 0.0647. The van der Waals surface area contributed by atoms with Crippen molar-refractivity contribution < 1.29 is 26.4 Å². The van der Waals surface area contributed by atoms with Crippen molar-refractivity contribution >= 4 is 44.8 Å². The molecule has 3 rings (SSSR count). The van der Waals surface area contributed by atoms with Crippen LogP contribution in [0.3, 0.4) is 0 Å². The third-order valence-electron chi connectivity index (χ3n) is 4.65. The Hall–Kier alpha value is -1.97. The van der Waals surface area contributed by atoms with Crippen LogP contribution in [0.5, 0.6) is 0 Å². The standard InChI is InChI=1S/C19H17Cl2F3N2O3S/c20-12-4-6-14(18(27)26-8-2-1-3-9-26)17(10-12)25-30(28,29)13-5-7-16(21)15(11-13)19(22,23)24/h4-7,10-11,25H,1-3,8-9H2. The van der Waals surface area contributed by atoms with Crippen LogP contribution < -0.4 is 4.72 Å². The quantitative estimate of drug-likeness (QED) is 0.633. The van der Waals surface area contributed by atoms with E-state index in [2.05, 4.69) is 4.72 Å². The number of hydrogen-bond donors (Lipinski definition) is 1. The van der Waals surface area contributed by atoms with Gasteiger partial charge < -0.3 is 4.90 Å². The molecule has 30 heavy (non-hydrogen) atoms. The van der Waals surface area contributed by atoms with Gasteiger partial charge in [0.2, 0.25) is 0 Å². The molecule has 0 unspecified atom stereocenters. The number of sulfonamides is 1. The lowest BCUT2D eigenvalue weighted by molar-refractivity contribution is -0.137. The van der Waals surface area contributed by atoms with Crippen LogP contribution in [0.2, 0.25) is 10.0 Å². The van der Waals surface area contributed by atoms with Gasteiger partial charge in [-0.1, -0.05) is 23.2 Å². The van der Waals surface area contributed by atoms with E-state index in [4.69, 9.17) is 23.2 Å². The van der Waals surface area contributed by atoms with E-state index in [9.17, 15) is 26.4 Å². The van der Waals surface area contributed by atoms with Gasteiger partial charge in [0.15, 0.2) is 0 Å². The number of hydrogen-bond acceptors (Lipinski definition) is 3. The minimum atomic E-state index is -4.83. The number of likely N-dealkylation sites (tertiary alicyclic amines) is 1. The van der Waals surface area contributed by atoms with Crippen LogP contribution >= 0.6 is 23.2 Å². The maximum absolute atomic E-state index is 13.1. The molecule has 0 radical (unpaired) electrons. The Labute approximate surface area is 181 Å². The molecule has 162 valence electrons. The highest BCUT2D eigenvalue weighted by molar-refractivity contribution is 7.92. The van der Waals surface area contributed by atoms with Gasteiger partial charge in [-0.3, -0.25) is 9.52 Å². The first-order valence-electron chi connectivity index (χ1n) is 8.97. The number of halogens is 5. The number of amides is 1. The third kappa shape index (κ3) is 5.01. The molecule has 1 heterocycles. The maximum atomic E-state index is 13.1. The second-order valence-corrected chi connectivity index (χ2v) is 9.31. The Balaban J connectivity index is 1.97. The average Bonchev–Trinajstić information content (AvgIpc) is 2.67. The van der Waals surface area contributed by atoms with Crippen molar-refractivity contribution in [3.8, 4) is 0 Å². The van der Waals surface area contributed by atoms with Gasteiger partial charge in [-0.15, -0.1) is 0 Å². The average molecular weight is 481 g/mol. The molecule has 2 aromatic rings. The highest BCUT2D eigenvalue weighted by atomic mass is 35.5. The van der Waals surface area contributed by atoms with E-state index in [0.29, 0.717) is 19.2 Å². The summed E-state index contributed by atoms with van der Waals surface area (Å²) < 4.78 is 67.0. The first-order valence-corrected chi connectivity index (χ1v) is 11.2. The molecule has 0 bridgehead atoms. The lowest BCUT2D eigenvalue weighted by Crippen LogP contribution is -2.36. The minimum Gasteiger partial charge on any atom is -0.339 e. The highest BCUT2D eigenvalue weighted by Crippen LogP contribution is 2.36. The molecule has 1 saturated heterocycles. The number of piperidine rings is 1. The Kier molecular flexibility index (Phi) is 6.54. The summed E-state index contributed by atoms with van der Waals surface area (Å²) >= 11 is 11.5. The molecule has 0 spiro atoms. The molecule has 1 N–H and O–H groups in total. The number of alkyl halides is 3. The zero-order chi connectivity index (χ0) is 22.1. The van der Waals surface area contributed by atoms with Gasteiger partial charge in [0.25, 0.3) is 15.9 Å². The maximum Gasteiger partial charge on any atom is 0.417 e. The van der Waals surface area contributed by atoms with E-state index in [0.717, 1.165) is 31.4 Å². The fourth-order valence-corrected chi connectivity index (χ4v) is 4.64. The van der Waals surface area contributed by atoms with Crippen LogP contribution in [0, 0.1) is 0 Å². The van der Waals surface area contributed by atoms with Crippen LogP contribution in [0.1, 0.15) is 35.2 Å². The molecule has 0 atom stereocenters. The fourth-order valence-electron chi connectivity index (χ4n) is 3.15. The Morgan fingerprint density at radius 3 is 2.30 bits per heavy atom. The summed E-state index contributed by atoms with van der Waals surface area (Å²) in [6.45, 7) is 1.08. The van der Waals surface area contributed by atoms with Gasteiger partial charge in [-0.25, -0.2) is 8.42 Å². The van der Waals surface area contributed by atoms with Gasteiger partial charge in [0.1, 0.15) is 0 Å². The number of anilines is 1. The lowest BCUT2D eigenvalue weighted by Gasteiger charge is -2.27. The van der Waals surface area contributed by atoms with Gasteiger partial charge in [0.05, 0.1) is 26.7 Å². The second kappa shape index (κ2) is 8.64. The summed E-state index contributed by atoms with van der Waals surface area (Å²) in [6, 6.07) is 6.34. The summed E-state index contributed by atoms with van der Waals surface area (Å²) in [7, 11) is -4.45. The lowest BCUT2D eigenvalue weighted by atomic mass is 10.1. The zero-order valence-corrected chi connectivity index (χ0v) is 17.8. The molecule has 1 aliphatic rings. The Morgan fingerprint density at radius 2 is 1.67 bits per heavy atom. The summed E-state index contributed by atoms with van der Waals surface area (Å²) in [4.78, 5) is 13.8. The first-order chi connectivity index (χ1) is 14.0. The van der Waals surface area contributed by atoms with Crippen LogP contribution in [0.4, 0.5) is 18.9 Å². The van der Waals surface area contributed by atoms with Crippen molar-refractivity contribution in [1.29, 1.82) is 0 Å².